The molecule has 0 bridgehead atoms. The highest BCUT2D eigenvalue weighted by Gasteiger charge is 2.45. The Kier molecular flexibility index (Phi) is 8.70. The number of likely N-dealkylation sites (N-methyl/N-ethyl adjacent to an activating group) is 1. The standard InChI is InChI=1S/C29H33NO4/c1-3-4-10-17-32-29-27(31)28(26(34-29)20-30(2)19-22-11-6-5-7-12-22)33-21-23-15-16-24-13-8-9-14-25(24)18-23/h5-9,11-16,18,26-29,31H,3,17,19-21H2,1-2H3/t26-,27-,28+,29?/m1/s1. The van der Waals surface area contributed by atoms with Gasteiger partial charge in [0.05, 0.1) is 6.61 Å². The number of fused-ring (bicyclic) bond motifs is 1. The zero-order valence-corrected chi connectivity index (χ0v) is 19.9. The number of aliphatic hydroxyl groups excluding tert-OH is 1. The number of aliphatic hydroxyl groups is 1. The van der Waals surface area contributed by atoms with Gasteiger partial charge in [0.25, 0.3) is 0 Å². The zero-order chi connectivity index (χ0) is 23.8. The second kappa shape index (κ2) is 12.1. The molecule has 4 rings (SSSR count). The first-order chi connectivity index (χ1) is 16.6. The summed E-state index contributed by atoms with van der Waals surface area (Å²) in [5.41, 5.74) is 2.28. The van der Waals surface area contributed by atoms with E-state index in [4.69, 9.17) is 14.2 Å². The van der Waals surface area contributed by atoms with E-state index in [2.05, 4.69) is 59.2 Å². The topological polar surface area (TPSA) is 51.2 Å². The molecule has 0 saturated carbocycles. The van der Waals surface area contributed by atoms with Crippen molar-refractivity contribution in [3.8, 4) is 11.8 Å². The molecule has 1 fully saturated rings. The number of hydrogen-bond donors (Lipinski definition) is 1. The van der Waals surface area contributed by atoms with Crippen LogP contribution in [-0.4, -0.2) is 54.8 Å². The van der Waals surface area contributed by atoms with E-state index in [1.54, 1.807) is 0 Å². The van der Waals surface area contributed by atoms with E-state index < -0.39 is 18.5 Å². The number of benzene rings is 3. The molecule has 0 aromatic heterocycles. The summed E-state index contributed by atoms with van der Waals surface area (Å²) in [6, 6.07) is 24.8. The number of hydrogen-bond acceptors (Lipinski definition) is 5. The van der Waals surface area contributed by atoms with E-state index in [-0.39, 0.29) is 12.7 Å². The monoisotopic (exact) mass is 459 g/mol. The van der Waals surface area contributed by atoms with Crippen molar-refractivity contribution < 1.29 is 19.3 Å². The number of rotatable bonds is 9. The van der Waals surface area contributed by atoms with Gasteiger partial charge in [0, 0.05) is 19.5 Å². The second-order valence-corrected chi connectivity index (χ2v) is 8.69. The van der Waals surface area contributed by atoms with Crippen molar-refractivity contribution in [3.63, 3.8) is 0 Å². The van der Waals surface area contributed by atoms with Gasteiger partial charge in [0.1, 0.15) is 24.9 Å². The van der Waals surface area contributed by atoms with Crippen LogP contribution in [0.15, 0.2) is 72.8 Å². The molecule has 178 valence electrons. The summed E-state index contributed by atoms with van der Waals surface area (Å²) < 4.78 is 18.1. The van der Waals surface area contributed by atoms with Gasteiger partial charge < -0.3 is 19.3 Å². The molecule has 1 N–H and O–H groups in total. The van der Waals surface area contributed by atoms with Gasteiger partial charge in [-0.3, -0.25) is 4.90 Å². The predicted octanol–water partition coefficient (Wildman–Crippen LogP) is 4.37. The molecule has 3 aromatic carbocycles. The van der Waals surface area contributed by atoms with Crippen LogP contribution in [-0.2, 0) is 27.4 Å². The van der Waals surface area contributed by atoms with Crippen molar-refractivity contribution in [2.45, 2.75) is 51.1 Å². The lowest BCUT2D eigenvalue weighted by atomic mass is 10.1. The van der Waals surface area contributed by atoms with Crippen LogP contribution in [0.25, 0.3) is 10.8 Å². The summed E-state index contributed by atoms with van der Waals surface area (Å²) in [5, 5.41) is 13.3. The minimum atomic E-state index is -0.890. The van der Waals surface area contributed by atoms with E-state index in [1.807, 2.05) is 44.3 Å². The van der Waals surface area contributed by atoms with Crippen LogP contribution in [0.1, 0.15) is 24.5 Å². The fraction of sp³-hybridized carbons (Fsp3) is 0.379. The van der Waals surface area contributed by atoms with Crippen LogP contribution in [0.5, 0.6) is 0 Å². The lowest BCUT2D eigenvalue weighted by Crippen LogP contribution is -2.40. The molecule has 4 atom stereocenters. The van der Waals surface area contributed by atoms with Gasteiger partial charge in [-0.05, 0) is 35.0 Å². The molecule has 1 aliphatic rings. The highest BCUT2D eigenvalue weighted by Crippen LogP contribution is 2.27. The van der Waals surface area contributed by atoms with Crippen LogP contribution < -0.4 is 0 Å². The largest absolute Gasteiger partial charge is 0.385 e. The van der Waals surface area contributed by atoms with Crippen LogP contribution in [0.2, 0.25) is 0 Å². The first-order valence-corrected chi connectivity index (χ1v) is 11.9. The Morgan fingerprint density at radius 1 is 0.912 bits per heavy atom. The van der Waals surface area contributed by atoms with Crippen LogP contribution in [0.3, 0.4) is 0 Å². The molecule has 1 heterocycles. The first-order valence-electron chi connectivity index (χ1n) is 11.9. The molecule has 0 radical (unpaired) electrons. The molecule has 0 spiro atoms. The molecule has 1 unspecified atom stereocenters. The molecule has 0 amide bonds. The summed E-state index contributed by atoms with van der Waals surface area (Å²) in [6.07, 6.45) is -1.72. The van der Waals surface area contributed by atoms with E-state index in [9.17, 15) is 5.11 Å². The van der Waals surface area contributed by atoms with E-state index >= 15 is 0 Å². The zero-order valence-electron chi connectivity index (χ0n) is 19.9. The fourth-order valence-corrected chi connectivity index (χ4v) is 4.28. The molecule has 1 aliphatic heterocycles. The molecule has 5 heteroatoms. The predicted molar refractivity (Wildman–Crippen MR) is 134 cm³/mol. The summed E-state index contributed by atoms with van der Waals surface area (Å²) in [4.78, 5) is 2.18. The van der Waals surface area contributed by atoms with Crippen molar-refractivity contribution in [2.75, 3.05) is 20.2 Å². The first kappa shape index (κ1) is 24.4. The fourth-order valence-electron chi connectivity index (χ4n) is 4.28. The van der Waals surface area contributed by atoms with Crippen molar-refractivity contribution >= 4 is 10.8 Å². The maximum Gasteiger partial charge on any atom is 0.187 e. The average molecular weight is 460 g/mol. The average Bonchev–Trinajstić information content (AvgIpc) is 3.14. The Bertz CT molecular complexity index is 1110. The molecule has 5 nitrogen and oxygen atoms in total. The summed E-state index contributed by atoms with van der Waals surface area (Å²) >= 11 is 0. The molecular weight excluding hydrogens is 426 g/mol. The summed E-state index contributed by atoms with van der Waals surface area (Å²) in [7, 11) is 2.05. The van der Waals surface area contributed by atoms with Crippen molar-refractivity contribution in [2.24, 2.45) is 0 Å². The Morgan fingerprint density at radius 3 is 2.47 bits per heavy atom. The highest BCUT2D eigenvalue weighted by molar-refractivity contribution is 5.82. The third-order valence-corrected chi connectivity index (χ3v) is 5.96. The normalized spacial score (nSPS) is 22.1. The van der Waals surface area contributed by atoms with Gasteiger partial charge in [0.2, 0.25) is 0 Å². The van der Waals surface area contributed by atoms with Gasteiger partial charge in [-0.2, -0.15) is 0 Å². The summed E-state index contributed by atoms with van der Waals surface area (Å²) in [5.74, 6) is 5.92. The number of ether oxygens (including phenoxy) is 3. The molecule has 3 aromatic rings. The van der Waals surface area contributed by atoms with Crippen molar-refractivity contribution in [1.29, 1.82) is 0 Å². The SMILES string of the molecule is CCC#CCOC1O[C@H](CN(C)Cc2ccccc2)[C@H](OCc2ccc3ccccc3c2)[C@H]1O. The molecule has 0 aliphatic carbocycles. The maximum absolute atomic E-state index is 11.0. The Balaban J connectivity index is 1.43. The Morgan fingerprint density at radius 2 is 1.68 bits per heavy atom. The van der Waals surface area contributed by atoms with E-state index in [0.717, 1.165) is 18.5 Å². The van der Waals surface area contributed by atoms with Gasteiger partial charge in [-0.25, -0.2) is 0 Å². The van der Waals surface area contributed by atoms with Crippen molar-refractivity contribution in [3.05, 3.63) is 83.9 Å². The highest BCUT2D eigenvalue weighted by atomic mass is 16.7. The third-order valence-electron chi connectivity index (χ3n) is 5.96. The number of nitrogens with zero attached hydrogens (tertiary/aromatic N) is 1. The van der Waals surface area contributed by atoms with E-state index in [1.165, 1.54) is 16.3 Å². The lowest BCUT2D eigenvalue weighted by molar-refractivity contribution is -0.159. The lowest BCUT2D eigenvalue weighted by Gasteiger charge is -2.25. The van der Waals surface area contributed by atoms with Gasteiger partial charge in [-0.15, -0.1) is 5.92 Å². The quantitative estimate of drug-likeness (QED) is 0.482. The minimum Gasteiger partial charge on any atom is -0.385 e. The maximum atomic E-state index is 11.0. The molecule has 34 heavy (non-hydrogen) atoms. The minimum absolute atomic E-state index is 0.222. The summed E-state index contributed by atoms with van der Waals surface area (Å²) in [6.45, 7) is 3.98. The van der Waals surface area contributed by atoms with Crippen LogP contribution in [0, 0.1) is 11.8 Å². The third kappa shape index (κ3) is 6.44. The Hall–Kier alpha value is -2.72. The molecular formula is C29H33NO4. The van der Waals surface area contributed by atoms with E-state index in [0.29, 0.717) is 13.2 Å². The second-order valence-electron chi connectivity index (χ2n) is 8.69. The van der Waals surface area contributed by atoms with Crippen molar-refractivity contribution in [1.82, 2.24) is 4.90 Å². The van der Waals surface area contributed by atoms with Gasteiger partial charge in [-0.1, -0.05) is 79.6 Å². The van der Waals surface area contributed by atoms with Gasteiger partial charge in [0.15, 0.2) is 6.29 Å². The Labute approximate surface area is 202 Å². The smallest absolute Gasteiger partial charge is 0.187 e. The van der Waals surface area contributed by atoms with Crippen LogP contribution >= 0.6 is 0 Å². The van der Waals surface area contributed by atoms with Gasteiger partial charge >= 0.3 is 0 Å². The molecule has 1 saturated heterocycles. The van der Waals surface area contributed by atoms with Crippen LogP contribution in [0.4, 0.5) is 0 Å².